The third-order valence-corrected chi connectivity index (χ3v) is 4.11. The molecule has 4 nitrogen and oxygen atoms in total. The molecule has 2 aromatic rings. The fraction of sp³-hybridized carbons (Fsp3) is 0.235. The van der Waals surface area contributed by atoms with E-state index >= 15 is 0 Å². The first-order valence-electron chi connectivity index (χ1n) is 7.15. The molecule has 0 aliphatic carbocycles. The molecule has 24 heavy (non-hydrogen) atoms. The number of ether oxygens (including phenoxy) is 1. The molecule has 0 atom stereocenters. The van der Waals surface area contributed by atoms with E-state index in [0.29, 0.717) is 12.2 Å². The molecule has 0 radical (unpaired) electrons. The Kier molecular flexibility index (Phi) is 6.60. The van der Waals surface area contributed by atoms with E-state index in [2.05, 4.69) is 21.2 Å². The minimum Gasteiger partial charge on any atom is -0.496 e. The minimum atomic E-state index is -0.447. The molecule has 0 aliphatic rings. The van der Waals surface area contributed by atoms with E-state index in [-0.39, 0.29) is 17.5 Å². The maximum atomic E-state index is 13.0. The summed E-state index contributed by atoms with van der Waals surface area (Å²) in [6, 6.07) is 9.55. The quantitative estimate of drug-likeness (QED) is 0.764. The molecule has 0 unspecified atom stereocenters. The number of nitrogens with zero attached hydrogens (tertiary/aromatic N) is 1. The second kappa shape index (κ2) is 8.46. The Labute approximate surface area is 153 Å². The molecule has 0 spiro atoms. The summed E-state index contributed by atoms with van der Waals surface area (Å²) < 4.78 is 19.3. The first kappa shape index (κ1) is 18.7. The van der Waals surface area contributed by atoms with Crippen molar-refractivity contribution in [3.63, 3.8) is 0 Å². The number of hydrogen-bond acceptors (Lipinski definition) is 3. The minimum absolute atomic E-state index is 0.156. The van der Waals surface area contributed by atoms with Crippen LogP contribution in [0.4, 0.5) is 10.1 Å². The van der Waals surface area contributed by atoms with Crippen molar-refractivity contribution in [2.45, 2.75) is 6.54 Å². The fourth-order valence-corrected chi connectivity index (χ4v) is 2.87. The van der Waals surface area contributed by atoms with Crippen molar-refractivity contribution in [1.82, 2.24) is 4.90 Å². The van der Waals surface area contributed by atoms with Gasteiger partial charge in [-0.1, -0.05) is 27.5 Å². The van der Waals surface area contributed by atoms with Crippen molar-refractivity contribution in [1.29, 1.82) is 0 Å². The van der Waals surface area contributed by atoms with Crippen LogP contribution in [0.3, 0.4) is 0 Å². The molecule has 0 aliphatic heterocycles. The van der Waals surface area contributed by atoms with Gasteiger partial charge in [-0.2, -0.15) is 0 Å². The van der Waals surface area contributed by atoms with Crippen molar-refractivity contribution >= 4 is 39.1 Å². The molecule has 2 aromatic carbocycles. The molecule has 128 valence electrons. The van der Waals surface area contributed by atoms with Crippen LogP contribution in [0.5, 0.6) is 5.75 Å². The number of anilines is 1. The maximum Gasteiger partial charge on any atom is 0.238 e. The van der Waals surface area contributed by atoms with Crippen LogP contribution in [0.25, 0.3) is 0 Å². The number of rotatable bonds is 6. The molecule has 1 N–H and O–H groups in total. The molecule has 0 heterocycles. The van der Waals surface area contributed by atoms with Crippen molar-refractivity contribution in [2.75, 3.05) is 26.0 Å². The van der Waals surface area contributed by atoms with Crippen LogP contribution < -0.4 is 10.1 Å². The fourth-order valence-electron chi connectivity index (χ4n) is 2.24. The Hall–Kier alpha value is -1.63. The molecule has 2 rings (SSSR count). The summed E-state index contributed by atoms with van der Waals surface area (Å²) in [4.78, 5) is 14.0. The highest BCUT2D eigenvalue weighted by Gasteiger charge is 2.12. The zero-order valence-electron chi connectivity index (χ0n) is 13.3. The van der Waals surface area contributed by atoms with E-state index in [1.165, 1.54) is 12.1 Å². The van der Waals surface area contributed by atoms with Gasteiger partial charge in [0, 0.05) is 16.6 Å². The normalized spacial score (nSPS) is 10.8. The van der Waals surface area contributed by atoms with Crippen LogP contribution >= 0.6 is 27.5 Å². The lowest BCUT2D eigenvalue weighted by atomic mass is 10.2. The van der Waals surface area contributed by atoms with Crippen LogP contribution in [-0.2, 0) is 11.3 Å². The largest absolute Gasteiger partial charge is 0.496 e. The van der Waals surface area contributed by atoms with Gasteiger partial charge in [0.05, 0.1) is 24.4 Å². The lowest BCUT2D eigenvalue weighted by Crippen LogP contribution is -2.30. The van der Waals surface area contributed by atoms with E-state index in [4.69, 9.17) is 16.3 Å². The van der Waals surface area contributed by atoms with Crippen molar-refractivity contribution in [3.05, 3.63) is 57.3 Å². The number of likely N-dealkylation sites (N-methyl/N-ethyl adjacent to an activating group) is 1. The number of carbonyl (C=O) groups is 1. The van der Waals surface area contributed by atoms with Crippen molar-refractivity contribution in [3.8, 4) is 5.75 Å². The molecule has 0 aromatic heterocycles. The van der Waals surface area contributed by atoms with Gasteiger partial charge in [-0.3, -0.25) is 9.69 Å². The van der Waals surface area contributed by atoms with Crippen LogP contribution in [0, 0.1) is 5.82 Å². The lowest BCUT2D eigenvalue weighted by molar-refractivity contribution is -0.117. The highest BCUT2D eigenvalue weighted by atomic mass is 79.9. The second-order valence-electron chi connectivity index (χ2n) is 5.30. The zero-order valence-corrected chi connectivity index (χ0v) is 15.6. The molecule has 0 saturated carbocycles. The van der Waals surface area contributed by atoms with E-state index in [9.17, 15) is 9.18 Å². The van der Waals surface area contributed by atoms with Crippen molar-refractivity contribution in [2.24, 2.45) is 0 Å². The Balaban J connectivity index is 1.98. The van der Waals surface area contributed by atoms with Gasteiger partial charge in [-0.05, 0) is 43.4 Å². The van der Waals surface area contributed by atoms with Crippen LogP contribution in [-0.4, -0.2) is 31.5 Å². The molecule has 0 saturated heterocycles. The Morgan fingerprint density at radius 1 is 1.33 bits per heavy atom. The number of methoxy groups -OCH3 is 1. The summed E-state index contributed by atoms with van der Waals surface area (Å²) in [6.45, 7) is 0.691. The summed E-state index contributed by atoms with van der Waals surface area (Å²) in [6.07, 6.45) is 0. The first-order chi connectivity index (χ1) is 11.4. The summed E-state index contributed by atoms with van der Waals surface area (Å²) in [5.41, 5.74) is 1.35. The van der Waals surface area contributed by atoms with Gasteiger partial charge in [0.15, 0.2) is 0 Å². The van der Waals surface area contributed by atoms with E-state index in [1.54, 1.807) is 7.11 Å². The monoisotopic (exact) mass is 414 g/mol. The number of carbonyl (C=O) groups excluding carboxylic acids is 1. The van der Waals surface area contributed by atoms with E-state index in [0.717, 1.165) is 21.9 Å². The Morgan fingerprint density at radius 2 is 2.08 bits per heavy atom. The summed E-state index contributed by atoms with van der Waals surface area (Å²) in [7, 11) is 3.43. The third-order valence-electron chi connectivity index (χ3n) is 3.30. The lowest BCUT2D eigenvalue weighted by Gasteiger charge is -2.18. The number of hydrogen-bond donors (Lipinski definition) is 1. The third kappa shape index (κ3) is 5.19. The number of benzene rings is 2. The Bertz CT molecular complexity index is 743. The van der Waals surface area contributed by atoms with E-state index < -0.39 is 5.82 Å². The van der Waals surface area contributed by atoms with Crippen LogP contribution in [0.2, 0.25) is 5.02 Å². The van der Waals surface area contributed by atoms with Gasteiger partial charge >= 0.3 is 0 Å². The van der Waals surface area contributed by atoms with Gasteiger partial charge in [0.2, 0.25) is 5.91 Å². The highest BCUT2D eigenvalue weighted by molar-refractivity contribution is 9.10. The second-order valence-corrected chi connectivity index (χ2v) is 6.62. The molecular formula is C17H17BrClFN2O2. The molecule has 7 heteroatoms. The van der Waals surface area contributed by atoms with Crippen LogP contribution in [0.1, 0.15) is 5.56 Å². The molecule has 0 fully saturated rings. The van der Waals surface area contributed by atoms with Gasteiger partial charge < -0.3 is 10.1 Å². The number of nitrogens with one attached hydrogen (secondary N) is 1. The number of amides is 1. The predicted octanol–water partition coefficient (Wildman–Crippen LogP) is 4.32. The maximum absolute atomic E-state index is 13.0. The molecule has 0 bridgehead atoms. The summed E-state index contributed by atoms with van der Waals surface area (Å²) >= 11 is 9.33. The van der Waals surface area contributed by atoms with Crippen LogP contribution in [0.15, 0.2) is 40.9 Å². The standard InChI is InChI=1S/C17H17BrClFN2O2/c1-22(9-11-7-12(18)3-6-16(11)24-2)10-17(23)21-15-5-4-13(20)8-14(15)19/h3-8H,9-10H2,1-2H3,(H,21,23). The van der Waals surface area contributed by atoms with Gasteiger partial charge in [0.25, 0.3) is 0 Å². The van der Waals surface area contributed by atoms with E-state index in [1.807, 2.05) is 30.1 Å². The molecular weight excluding hydrogens is 399 g/mol. The number of halogens is 3. The smallest absolute Gasteiger partial charge is 0.238 e. The predicted molar refractivity (Wildman–Crippen MR) is 97.1 cm³/mol. The molecule has 1 amide bonds. The first-order valence-corrected chi connectivity index (χ1v) is 8.32. The highest BCUT2D eigenvalue weighted by Crippen LogP contribution is 2.24. The average molecular weight is 416 g/mol. The topological polar surface area (TPSA) is 41.6 Å². The average Bonchev–Trinajstić information content (AvgIpc) is 2.50. The SMILES string of the molecule is COc1ccc(Br)cc1CN(C)CC(=O)Nc1ccc(F)cc1Cl. The van der Waals surface area contributed by atoms with Gasteiger partial charge in [0.1, 0.15) is 11.6 Å². The van der Waals surface area contributed by atoms with Gasteiger partial charge in [-0.25, -0.2) is 4.39 Å². The summed E-state index contributed by atoms with van der Waals surface area (Å²) in [5, 5.41) is 2.84. The Morgan fingerprint density at radius 3 is 2.75 bits per heavy atom. The van der Waals surface area contributed by atoms with Gasteiger partial charge in [-0.15, -0.1) is 0 Å². The zero-order chi connectivity index (χ0) is 17.7. The van der Waals surface area contributed by atoms with Crippen molar-refractivity contribution < 1.29 is 13.9 Å². The summed E-state index contributed by atoms with van der Waals surface area (Å²) in [5.74, 6) is 0.0730.